The highest BCUT2D eigenvalue weighted by atomic mass is 16.5. The third kappa shape index (κ3) is 3.58. The van der Waals surface area contributed by atoms with Crippen LogP contribution in [0.2, 0.25) is 0 Å². The highest BCUT2D eigenvalue weighted by Gasteiger charge is 2.01. The van der Waals surface area contributed by atoms with E-state index in [0.717, 1.165) is 16.9 Å². The molecule has 0 radical (unpaired) electrons. The predicted octanol–water partition coefficient (Wildman–Crippen LogP) is 1.54. The number of methoxy groups -OCH3 is 1. The quantitative estimate of drug-likeness (QED) is 0.781. The normalized spacial score (nSPS) is 9.44. The molecule has 0 heterocycles. The molecule has 0 unspecified atom stereocenters. The van der Waals surface area contributed by atoms with Gasteiger partial charge in [-0.1, -0.05) is 17.9 Å². The van der Waals surface area contributed by atoms with Crippen LogP contribution in [0.25, 0.3) is 0 Å². The van der Waals surface area contributed by atoms with E-state index in [1.54, 1.807) is 7.11 Å². The van der Waals surface area contributed by atoms with Crippen molar-refractivity contribution in [2.75, 3.05) is 20.3 Å². The van der Waals surface area contributed by atoms with Gasteiger partial charge in [-0.2, -0.15) is 0 Å². The first-order chi connectivity index (χ1) is 7.81. The van der Waals surface area contributed by atoms with E-state index in [4.69, 9.17) is 15.2 Å². The summed E-state index contributed by atoms with van der Waals surface area (Å²) < 4.78 is 10.6. The molecule has 0 amide bonds. The highest BCUT2D eigenvalue weighted by Crippen LogP contribution is 2.19. The number of hydrogen-bond acceptors (Lipinski definition) is 3. The zero-order valence-corrected chi connectivity index (χ0v) is 9.75. The number of rotatable bonds is 4. The molecule has 1 aromatic carbocycles. The molecule has 16 heavy (non-hydrogen) atoms. The molecule has 0 atom stereocenters. The Morgan fingerprint density at radius 2 is 2.19 bits per heavy atom. The summed E-state index contributed by atoms with van der Waals surface area (Å²) in [6.07, 6.45) is 0. The molecule has 0 fully saturated rings. The highest BCUT2D eigenvalue weighted by molar-refractivity contribution is 5.48. The summed E-state index contributed by atoms with van der Waals surface area (Å²) in [6, 6.07) is 5.84. The minimum Gasteiger partial charge on any atom is -0.495 e. The molecule has 86 valence electrons. The van der Waals surface area contributed by atoms with Crippen molar-refractivity contribution in [2.24, 2.45) is 5.73 Å². The van der Waals surface area contributed by atoms with Crippen molar-refractivity contribution in [3.05, 3.63) is 29.3 Å². The van der Waals surface area contributed by atoms with Gasteiger partial charge in [-0.05, 0) is 24.6 Å². The Hall–Kier alpha value is -1.50. The van der Waals surface area contributed by atoms with E-state index in [-0.39, 0.29) is 0 Å². The van der Waals surface area contributed by atoms with E-state index in [1.807, 2.05) is 25.1 Å². The molecule has 0 saturated heterocycles. The summed E-state index contributed by atoms with van der Waals surface area (Å²) >= 11 is 0. The van der Waals surface area contributed by atoms with Gasteiger partial charge in [0.2, 0.25) is 0 Å². The van der Waals surface area contributed by atoms with Crippen molar-refractivity contribution < 1.29 is 9.47 Å². The second-order valence-corrected chi connectivity index (χ2v) is 3.18. The molecule has 0 aliphatic carbocycles. The summed E-state index contributed by atoms with van der Waals surface area (Å²) in [6.45, 7) is 3.62. The smallest absolute Gasteiger partial charge is 0.134 e. The molecule has 0 saturated carbocycles. The lowest BCUT2D eigenvalue weighted by atomic mass is 10.1. The molecule has 1 rings (SSSR count). The number of nitrogens with two attached hydrogens (primary N) is 1. The molecule has 0 bridgehead atoms. The van der Waals surface area contributed by atoms with Crippen molar-refractivity contribution in [1.82, 2.24) is 0 Å². The predicted molar refractivity (Wildman–Crippen MR) is 64.3 cm³/mol. The minimum absolute atomic E-state index is 0.346. The maximum Gasteiger partial charge on any atom is 0.134 e. The first-order valence-corrected chi connectivity index (χ1v) is 5.25. The summed E-state index contributed by atoms with van der Waals surface area (Å²) in [7, 11) is 1.63. The summed E-state index contributed by atoms with van der Waals surface area (Å²) in [4.78, 5) is 0. The number of ether oxygens (including phenoxy) is 2. The van der Waals surface area contributed by atoms with Crippen molar-refractivity contribution in [3.63, 3.8) is 0 Å². The Morgan fingerprint density at radius 3 is 2.81 bits per heavy atom. The van der Waals surface area contributed by atoms with E-state index in [2.05, 4.69) is 11.8 Å². The van der Waals surface area contributed by atoms with E-state index < -0.39 is 0 Å². The maximum absolute atomic E-state index is 5.35. The van der Waals surface area contributed by atoms with Gasteiger partial charge in [0.05, 0.1) is 25.8 Å². The summed E-state index contributed by atoms with van der Waals surface area (Å²) in [5.74, 6) is 6.57. The van der Waals surface area contributed by atoms with Crippen LogP contribution in [0.15, 0.2) is 18.2 Å². The second-order valence-electron chi connectivity index (χ2n) is 3.18. The standard InChI is InChI=1S/C13H17NO2/c1-3-16-10-11-6-7-13(15-2)12(9-11)5-4-8-14/h6-7,9H,3,8,10,14H2,1-2H3. The summed E-state index contributed by atoms with van der Waals surface area (Å²) in [5, 5.41) is 0. The van der Waals surface area contributed by atoms with Crippen molar-refractivity contribution in [1.29, 1.82) is 0 Å². The van der Waals surface area contributed by atoms with Gasteiger partial charge in [0.25, 0.3) is 0 Å². The van der Waals surface area contributed by atoms with E-state index in [0.29, 0.717) is 19.8 Å². The van der Waals surface area contributed by atoms with Crippen LogP contribution in [0.1, 0.15) is 18.1 Å². The van der Waals surface area contributed by atoms with Gasteiger partial charge < -0.3 is 15.2 Å². The fourth-order valence-corrected chi connectivity index (χ4v) is 1.31. The largest absolute Gasteiger partial charge is 0.495 e. The Balaban J connectivity index is 2.92. The zero-order valence-electron chi connectivity index (χ0n) is 9.75. The van der Waals surface area contributed by atoms with E-state index >= 15 is 0 Å². The Kier molecular flexibility index (Phi) is 5.41. The average Bonchev–Trinajstić information content (AvgIpc) is 2.33. The van der Waals surface area contributed by atoms with Crippen molar-refractivity contribution >= 4 is 0 Å². The SMILES string of the molecule is CCOCc1ccc(OC)c(C#CCN)c1. The lowest BCUT2D eigenvalue weighted by molar-refractivity contribution is 0.134. The number of benzene rings is 1. The molecule has 0 spiro atoms. The lowest BCUT2D eigenvalue weighted by Gasteiger charge is -2.06. The Bertz CT molecular complexity index is 391. The van der Waals surface area contributed by atoms with Gasteiger partial charge in [-0.25, -0.2) is 0 Å². The van der Waals surface area contributed by atoms with Crippen LogP contribution < -0.4 is 10.5 Å². The van der Waals surface area contributed by atoms with Crippen LogP contribution in [0.3, 0.4) is 0 Å². The first-order valence-electron chi connectivity index (χ1n) is 5.25. The third-order valence-electron chi connectivity index (χ3n) is 2.06. The summed E-state index contributed by atoms with van der Waals surface area (Å²) in [5.41, 5.74) is 7.29. The van der Waals surface area contributed by atoms with Gasteiger partial charge in [0.1, 0.15) is 5.75 Å². The van der Waals surface area contributed by atoms with E-state index in [9.17, 15) is 0 Å². The molecule has 0 aliphatic rings. The molecule has 3 heteroatoms. The second kappa shape index (κ2) is 6.89. The van der Waals surface area contributed by atoms with Crippen LogP contribution >= 0.6 is 0 Å². The third-order valence-corrected chi connectivity index (χ3v) is 2.06. The first kappa shape index (κ1) is 12.6. The van der Waals surface area contributed by atoms with Crippen LogP contribution in [0.4, 0.5) is 0 Å². The lowest BCUT2D eigenvalue weighted by Crippen LogP contribution is -1.96. The molecule has 3 nitrogen and oxygen atoms in total. The Morgan fingerprint density at radius 1 is 1.38 bits per heavy atom. The fraction of sp³-hybridized carbons (Fsp3) is 0.385. The van der Waals surface area contributed by atoms with Crippen molar-refractivity contribution in [2.45, 2.75) is 13.5 Å². The fourth-order valence-electron chi connectivity index (χ4n) is 1.31. The Labute approximate surface area is 96.6 Å². The van der Waals surface area contributed by atoms with Gasteiger partial charge in [-0.3, -0.25) is 0 Å². The topological polar surface area (TPSA) is 44.5 Å². The van der Waals surface area contributed by atoms with Gasteiger partial charge in [-0.15, -0.1) is 0 Å². The molecular weight excluding hydrogens is 202 g/mol. The van der Waals surface area contributed by atoms with Gasteiger partial charge in [0.15, 0.2) is 0 Å². The molecule has 0 aliphatic heterocycles. The van der Waals surface area contributed by atoms with Crippen LogP contribution in [0.5, 0.6) is 5.75 Å². The molecule has 0 aromatic heterocycles. The monoisotopic (exact) mass is 219 g/mol. The van der Waals surface area contributed by atoms with Gasteiger partial charge in [0, 0.05) is 6.61 Å². The number of hydrogen-bond donors (Lipinski definition) is 1. The molecule has 2 N–H and O–H groups in total. The van der Waals surface area contributed by atoms with Crippen LogP contribution in [0, 0.1) is 11.8 Å². The molecule has 1 aromatic rings. The zero-order chi connectivity index (χ0) is 11.8. The molecular formula is C13H17NO2. The maximum atomic E-state index is 5.35. The van der Waals surface area contributed by atoms with Crippen LogP contribution in [-0.4, -0.2) is 20.3 Å². The minimum atomic E-state index is 0.346. The van der Waals surface area contributed by atoms with Crippen LogP contribution in [-0.2, 0) is 11.3 Å². The van der Waals surface area contributed by atoms with E-state index in [1.165, 1.54) is 0 Å². The van der Waals surface area contributed by atoms with Gasteiger partial charge >= 0.3 is 0 Å². The average molecular weight is 219 g/mol. The van der Waals surface area contributed by atoms with Crippen molar-refractivity contribution in [3.8, 4) is 17.6 Å².